The molecule has 15 rings (SSSR count). The first kappa shape index (κ1) is 60.7. The highest BCUT2D eigenvalue weighted by Crippen LogP contribution is 2.34. The van der Waals surface area contributed by atoms with Gasteiger partial charge in [0, 0.05) is 80.2 Å². The molecule has 0 aliphatic carbocycles. The van der Waals surface area contributed by atoms with Gasteiger partial charge in [-0.25, -0.2) is 19.6 Å². The van der Waals surface area contributed by atoms with E-state index < -0.39 is 11.6 Å². The van der Waals surface area contributed by atoms with Gasteiger partial charge in [0.2, 0.25) is 11.6 Å². The number of anilines is 2. The van der Waals surface area contributed by atoms with E-state index in [0.29, 0.717) is 22.5 Å². The Morgan fingerprint density at radius 1 is 0.451 bits per heavy atom. The van der Waals surface area contributed by atoms with Crippen LogP contribution in [0.4, 0.5) is 11.4 Å². The molecule has 15 nitrogen and oxygen atoms in total. The van der Waals surface area contributed by atoms with Gasteiger partial charge < -0.3 is 26.5 Å². The fourth-order valence-electron chi connectivity index (χ4n) is 12.5. The molecular formula is C76H72N10O5. The van der Waals surface area contributed by atoms with Gasteiger partial charge in [0.25, 0.3) is 0 Å². The average Bonchev–Trinajstić information content (AvgIpc) is 1.73. The first-order valence-electron chi connectivity index (χ1n) is 31.0. The molecule has 0 saturated carbocycles. The lowest BCUT2D eigenvalue weighted by molar-refractivity contribution is 0.0817. The summed E-state index contributed by atoms with van der Waals surface area (Å²) in [5.41, 5.74) is 25.2. The zero-order valence-electron chi connectivity index (χ0n) is 50.8. The van der Waals surface area contributed by atoms with Gasteiger partial charge in [0.15, 0.2) is 0 Å². The number of likely N-dealkylation sites (tertiary alicyclic amines) is 2. The molecule has 0 unspecified atom stereocenters. The number of hydrogen-bond acceptors (Lipinski definition) is 11. The normalized spacial score (nSPS) is 13.9. The maximum absolute atomic E-state index is 12.7. The van der Waals surface area contributed by atoms with Crippen LogP contribution in [0.1, 0.15) is 76.5 Å². The molecule has 456 valence electrons. The zero-order chi connectivity index (χ0) is 62.8. The zero-order valence-corrected chi connectivity index (χ0v) is 50.8. The van der Waals surface area contributed by atoms with Gasteiger partial charge in [-0.05, 0) is 114 Å². The third-order valence-electron chi connectivity index (χ3n) is 17.1. The summed E-state index contributed by atoms with van der Waals surface area (Å²) >= 11 is 0. The van der Waals surface area contributed by atoms with Crippen LogP contribution in [-0.2, 0) is 13.1 Å². The first-order chi connectivity index (χ1) is 44.5. The van der Waals surface area contributed by atoms with E-state index in [4.69, 9.17) is 26.5 Å². The highest BCUT2D eigenvalue weighted by molar-refractivity contribution is 6.49. The van der Waals surface area contributed by atoms with Crippen molar-refractivity contribution in [3.8, 4) is 22.5 Å². The molecule has 5 heterocycles. The summed E-state index contributed by atoms with van der Waals surface area (Å²) in [5.74, 6) is -0.976. The summed E-state index contributed by atoms with van der Waals surface area (Å²) in [6.45, 7) is 7.29. The second-order valence-corrected chi connectivity index (χ2v) is 23.2. The molecule has 10 aromatic carbocycles. The number of hydrogen-bond donors (Lipinski definition) is 5. The molecule has 0 spiro atoms. The number of para-hydroxylation sites is 4. The Bertz CT molecular complexity index is 4750. The van der Waals surface area contributed by atoms with Gasteiger partial charge in [-0.15, -0.1) is 0 Å². The Morgan fingerprint density at radius 3 is 1.22 bits per heavy atom. The molecule has 15 heteroatoms. The third-order valence-corrected chi connectivity index (χ3v) is 17.1. The number of imidazole rings is 2. The van der Waals surface area contributed by atoms with Crippen LogP contribution >= 0.6 is 0 Å². The molecule has 2 fully saturated rings. The Kier molecular flexibility index (Phi) is 18.6. The van der Waals surface area contributed by atoms with E-state index in [2.05, 4.69) is 92.6 Å². The number of nitrogens with two attached hydrogens (primary N) is 2. The topological polar surface area (TPSA) is 214 Å². The van der Waals surface area contributed by atoms with Gasteiger partial charge in [-0.1, -0.05) is 182 Å². The second-order valence-electron chi connectivity index (χ2n) is 23.2. The van der Waals surface area contributed by atoms with Crippen molar-refractivity contribution in [1.82, 2.24) is 38.9 Å². The van der Waals surface area contributed by atoms with Crippen molar-refractivity contribution < 1.29 is 14.7 Å². The Morgan fingerprint density at radius 2 is 0.791 bits per heavy atom. The minimum Gasteiger partial charge on any atom is -0.397 e. The number of carbonyl (C=O) groups excluding carboxylic acids is 2. The molecule has 2 aliphatic heterocycles. The number of nitrogens with zero attached hydrogens (tertiary/aromatic N) is 6. The Hall–Kier alpha value is -10.6. The maximum atomic E-state index is 12.7. The minimum absolute atomic E-state index is 0.00455. The quantitative estimate of drug-likeness (QED) is 0.0355. The number of aliphatic hydroxyl groups is 1. The summed E-state index contributed by atoms with van der Waals surface area (Å²) in [4.78, 5) is 71.2. The summed E-state index contributed by atoms with van der Waals surface area (Å²) in [6.07, 6.45) is 3.73. The predicted octanol–water partition coefficient (Wildman–Crippen LogP) is 13.8. The van der Waals surface area contributed by atoms with Crippen LogP contribution in [0.15, 0.2) is 240 Å². The molecule has 0 radical (unpaired) electrons. The molecule has 7 N–H and O–H groups in total. The number of nitrogens with one attached hydrogen (secondary N) is 2. The van der Waals surface area contributed by atoms with Crippen molar-refractivity contribution in [3.63, 3.8) is 0 Å². The largest absolute Gasteiger partial charge is 0.397 e. The number of nitrogen functional groups attached to an aromatic ring is 2. The van der Waals surface area contributed by atoms with Crippen LogP contribution in [-0.4, -0.2) is 88.3 Å². The van der Waals surface area contributed by atoms with Crippen LogP contribution < -0.4 is 22.8 Å². The molecule has 2 saturated heterocycles. The van der Waals surface area contributed by atoms with Crippen LogP contribution in [0.3, 0.4) is 0 Å². The van der Waals surface area contributed by atoms with E-state index in [1.54, 1.807) is 43.3 Å². The number of piperidine rings is 2. The van der Waals surface area contributed by atoms with E-state index in [9.17, 15) is 19.2 Å². The van der Waals surface area contributed by atoms with Crippen LogP contribution in [0.2, 0.25) is 0 Å². The number of H-pyrrole nitrogens is 2. The second kappa shape index (κ2) is 27.9. The van der Waals surface area contributed by atoms with Crippen LogP contribution in [0.5, 0.6) is 0 Å². The van der Waals surface area contributed by atoms with Crippen LogP contribution in [0, 0.1) is 0 Å². The highest BCUT2D eigenvalue weighted by Gasteiger charge is 2.26. The number of aromatic amines is 2. The molecule has 13 aromatic rings. The monoisotopic (exact) mass is 1200 g/mol. The fraction of sp³-hybridized carbons (Fsp3) is 0.184. The molecule has 91 heavy (non-hydrogen) atoms. The van der Waals surface area contributed by atoms with E-state index >= 15 is 0 Å². The van der Waals surface area contributed by atoms with Crippen LogP contribution in [0.25, 0.3) is 77.2 Å². The lowest BCUT2D eigenvalue weighted by Crippen LogP contribution is -2.36. The third kappa shape index (κ3) is 13.8. The SMILES string of the molecule is CCO.Nc1cc2ccccc2cc1N.O=C(C(=O)c1ccc(CN2CCC(n3c(=O)[nH]c4ccccc43)CC2)cc1)c1ccccc1.O=c1[nH]c2ccccc2n1C1CCN(Cc2ccc(-c3nc4cc5ccccc5cc4nc3-c3ccccc3)cc2)CC1. The fourth-order valence-corrected chi connectivity index (χ4v) is 12.5. The maximum Gasteiger partial charge on any atom is 0.326 e. The van der Waals surface area contributed by atoms with Crippen molar-refractivity contribution in [2.24, 2.45) is 0 Å². The molecular weight excluding hydrogens is 1130 g/mol. The van der Waals surface area contributed by atoms with Gasteiger partial charge in [0.1, 0.15) is 0 Å². The van der Waals surface area contributed by atoms with Crippen molar-refractivity contribution >= 4 is 77.6 Å². The summed E-state index contributed by atoms with van der Waals surface area (Å²) in [6, 6.07) is 75.7. The molecule has 0 amide bonds. The van der Waals surface area contributed by atoms with Crippen molar-refractivity contribution in [2.75, 3.05) is 44.3 Å². The van der Waals surface area contributed by atoms with Crippen molar-refractivity contribution in [2.45, 2.75) is 57.8 Å². The van der Waals surface area contributed by atoms with E-state index in [1.807, 2.05) is 130 Å². The van der Waals surface area contributed by atoms with Gasteiger partial charge in [-0.3, -0.25) is 28.5 Å². The lowest BCUT2D eigenvalue weighted by atomic mass is 10.00. The van der Waals surface area contributed by atoms with Crippen molar-refractivity contribution in [1.29, 1.82) is 0 Å². The Balaban J connectivity index is 0.000000146. The summed E-state index contributed by atoms with van der Waals surface area (Å²) < 4.78 is 3.86. The number of fused-ring (bicyclic) bond motifs is 5. The molecule has 0 bridgehead atoms. The summed E-state index contributed by atoms with van der Waals surface area (Å²) in [5, 5.41) is 12.2. The first-order valence-corrected chi connectivity index (χ1v) is 31.0. The lowest BCUT2D eigenvalue weighted by Gasteiger charge is -2.32. The minimum atomic E-state index is -0.488. The molecule has 2 aliphatic rings. The Labute approximate surface area is 526 Å². The smallest absolute Gasteiger partial charge is 0.326 e. The van der Waals surface area contributed by atoms with Gasteiger partial charge in [-0.2, -0.15) is 0 Å². The number of ketones is 2. The van der Waals surface area contributed by atoms with Crippen molar-refractivity contribution in [3.05, 3.63) is 274 Å². The number of aromatic nitrogens is 6. The number of benzene rings is 10. The highest BCUT2D eigenvalue weighted by atomic mass is 16.2. The number of Topliss-reactive ketones (excluding diaryl/α,β-unsaturated/α-hetero) is 2. The van der Waals surface area contributed by atoms with E-state index in [0.717, 1.165) is 148 Å². The average molecular weight is 1210 g/mol. The van der Waals surface area contributed by atoms with E-state index in [-0.39, 0.29) is 30.1 Å². The predicted molar refractivity (Wildman–Crippen MR) is 367 cm³/mol. The summed E-state index contributed by atoms with van der Waals surface area (Å²) in [7, 11) is 0. The molecule has 3 aromatic heterocycles. The number of aliphatic hydroxyl groups excluding tert-OH is 1. The number of carbonyl (C=O) groups is 2. The number of rotatable bonds is 11. The molecule has 0 atom stereocenters. The van der Waals surface area contributed by atoms with Gasteiger partial charge in [0.05, 0.1) is 55.9 Å². The van der Waals surface area contributed by atoms with Gasteiger partial charge >= 0.3 is 11.4 Å². The standard InChI is InChI=1S/C37H31N5O.C27H25N3O3.C10H10N2.C2H6O/c43-37-40-31-12-6-7-13-34(31)42(37)30-18-20-41(21-19-30)24-25-14-16-27(17-15-25)36-35(26-8-2-1-3-9-26)38-32-22-28-10-4-5-11-29(28)23-33(32)39-36;31-25(20-6-2-1-3-7-20)26(32)21-12-10-19(11-13-21)18-29-16-14-22(15-17-29)30-24-9-5-4-8-23(24)28-27(30)33;11-9-5-7-3-1-2-4-8(7)6-10(9)12;1-2-3/h1-17,22-23,30H,18-21,24H2,(H,40,43);1-13,22H,14-18H2,(H,28,33);1-6H,11-12H2;3H,2H2,1H3. The van der Waals surface area contributed by atoms with E-state index in [1.165, 1.54) is 5.56 Å².